The van der Waals surface area contributed by atoms with Crippen LogP contribution in [-0.4, -0.2) is 0 Å². The summed E-state index contributed by atoms with van der Waals surface area (Å²) in [5.74, 6) is 0. The van der Waals surface area contributed by atoms with Gasteiger partial charge in [-0.15, -0.1) is 22.7 Å². The molecule has 0 aliphatic carbocycles. The Morgan fingerprint density at radius 1 is 0.189 bits per heavy atom. The third-order valence-electron chi connectivity index (χ3n) is 13.9. The first kappa shape index (κ1) is 44.8. The van der Waals surface area contributed by atoms with Gasteiger partial charge < -0.3 is 9.80 Å². The molecule has 13 rings (SSSR count). The normalized spacial score (nSPS) is 11.2. The summed E-state index contributed by atoms with van der Waals surface area (Å²) in [6, 6.07) is 106. The molecular weight excluding hydrogens is 933 g/mol. The highest BCUT2D eigenvalue weighted by atomic mass is 32.1. The second kappa shape index (κ2) is 19.9. The molecule has 2 nitrogen and oxygen atoms in total. The Kier molecular flexibility index (Phi) is 12.0. The number of anilines is 6. The Bertz CT molecular complexity index is 3710. The van der Waals surface area contributed by atoms with Crippen molar-refractivity contribution in [2.75, 3.05) is 9.80 Å². The molecule has 0 bridgehead atoms. The summed E-state index contributed by atoms with van der Waals surface area (Å²) in [5.41, 5.74) is 16.1. The highest BCUT2D eigenvalue weighted by molar-refractivity contribution is 7.19. The van der Waals surface area contributed by atoms with Crippen LogP contribution in [0.1, 0.15) is 0 Å². The molecule has 0 aliphatic rings. The molecule has 0 unspecified atom stereocenters. The maximum atomic E-state index is 2.43. The Morgan fingerprint density at radius 3 is 0.811 bits per heavy atom. The molecule has 4 heteroatoms. The molecule has 350 valence electrons. The van der Waals surface area contributed by atoms with Gasteiger partial charge in [-0.1, -0.05) is 182 Å². The average molecular weight is 981 g/mol. The van der Waals surface area contributed by atoms with Crippen LogP contribution in [0, 0.1) is 0 Å². The molecule has 0 aliphatic heterocycles. The van der Waals surface area contributed by atoms with E-state index in [4.69, 9.17) is 0 Å². The van der Waals surface area contributed by atoms with E-state index in [1.54, 1.807) is 0 Å². The summed E-state index contributed by atoms with van der Waals surface area (Å²) in [6.45, 7) is 0. The number of fused-ring (bicyclic) bond motifs is 2. The van der Waals surface area contributed by atoms with E-state index in [0.717, 1.165) is 34.1 Å². The van der Waals surface area contributed by atoms with E-state index >= 15 is 0 Å². The zero-order valence-electron chi connectivity index (χ0n) is 40.4. The lowest BCUT2D eigenvalue weighted by molar-refractivity contribution is 1.29. The molecule has 13 aromatic rings. The predicted octanol–water partition coefficient (Wildman–Crippen LogP) is 21.1. The van der Waals surface area contributed by atoms with Crippen molar-refractivity contribution in [1.29, 1.82) is 0 Å². The Morgan fingerprint density at radius 2 is 0.473 bits per heavy atom. The van der Waals surface area contributed by atoms with Gasteiger partial charge in [-0.25, -0.2) is 0 Å². The molecule has 0 radical (unpaired) electrons. The molecule has 2 aromatic heterocycles. The minimum absolute atomic E-state index is 1.08. The van der Waals surface area contributed by atoms with E-state index in [-0.39, 0.29) is 0 Å². The second-order valence-corrected chi connectivity index (χ2v) is 20.6. The van der Waals surface area contributed by atoms with Gasteiger partial charge in [0, 0.05) is 53.6 Å². The Balaban J connectivity index is 1.09. The molecule has 74 heavy (non-hydrogen) atoms. The number of rotatable bonds is 12. The van der Waals surface area contributed by atoms with E-state index in [1.807, 2.05) is 22.7 Å². The van der Waals surface area contributed by atoms with Crippen LogP contribution in [0.15, 0.2) is 291 Å². The van der Waals surface area contributed by atoms with Gasteiger partial charge in [0.2, 0.25) is 0 Å². The van der Waals surface area contributed by atoms with Crippen LogP contribution in [-0.2, 0) is 0 Å². The molecule has 11 aromatic carbocycles. The molecule has 0 amide bonds. The minimum Gasteiger partial charge on any atom is -0.310 e. The third-order valence-corrected chi connectivity index (χ3v) is 16.2. The first-order valence-corrected chi connectivity index (χ1v) is 26.7. The smallest absolute Gasteiger partial charge is 0.0468 e. The van der Waals surface area contributed by atoms with Crippen LogP contribution in [0.2, 0.25) is 0 Å². The van der Waals surface area contributed by atoms with Gasteiger partial charge in [-0.3, -0.25) is 0 Å². The van der Waals surface area contributed by atoms with E-state index in [9.17, 15) is 0 Å². The minimum atomic E-state index is 1.08. The SMILES string of the molecule is c1ccc(-c2ccc(-c3cccc(-c4c5ccc(N(c6ccccc6)c6ccccc6)cc5c(-c5cccc(-c6ccc(-c7ccccc7)s6)c5)c5ccc(N(c6ccccc6)c6ccccc6)cc45)c3)s2)cc1. The number of benzene rings is 11. The summed E-state index contributed by atoms with van der Waals surface area (Å²) >= 11 is 3.68. The largest absolute Gasteiger partial charge is 0.310 e. The van der Waals surface area contributed by atoms with E-state index in [2.05, 4.69) is 301 Å². The van der Waals surface area contributed by atoms with Crippen LogP contribution < -0.4 is 9.80 Å². The summed E-state index contributed by atoms with van der Waals surface area (Å²) in [4.78, 5) is 9.74. The molecule has 0 fully saturated rings. The quantitative estimate of drug-likeness (QED) is 0.113. The van der Waals surface area contributed by atoms with Gasteiger partial charge in [-0.05, 0) is 175 Å². The topological polar surface area (TPSA) is 6.48 Å². The van der Waals surface area contributed by atoms with Crippen molar-refractivity contribution >= 4 is 78.3 Å². The standard InChI is InChI=1S/C70H48N2S2/c1-7-21-49(22-8-1)65-41-43-67(73-65)51-25-19-27-53(45-51)69-61-39-37-60(72(57-33-15-5-16-34-57)58-35-17-6-18-36-58)48-64(61)70(54-28-20-26-52(46-54)68-44-42-66(74-68)50-23-9-2-10-24-50)62-40-38-59(47-63(62)69)71(55-29-11-3-12-30-55)56-31-13-4-14-32-56/h1-48H. The first-order valence-electron chi connectivity index (χ1n) is 25.1. The van der Waals surface area contributed by atoms with Crippen LogP contribution in [0.25, 0.3) is 85.6 Å². The lowest BCUT2D eigenvalue weighted by Crippen LogP contribution is -2.10. The monoisotopic (exact) mass is 980 g/mol. The fraction of sp³-hybridized carbons (Fsp3) is 0. The van der Waals surface area contributed by atoms with Gasteiger partial charge >= 0.3 is 0 Å². The molecule has 0 saturated carbocycles. The van der Waals surface area contributed by atoms with Gasteiger partial charge in [0.25, 0.3) is 0 Å². The molecule has 0 saturated heterocycles. The maximum Gasteiger partial charge on any atom is 0.0468 e. The summed E-state index contributed by atoms with van der Waals surface area (Å²) in [5, 5.41) is 4.72. The first-order chi connectivity index (χ1) is 36.7. The summed E-state index contributed by atoms with van der Waals surface area (Å²) in [7, 11) is 0. The molecule has 0 atom stereocenters. The van der Waals surface area contributed by atoms with Crippen LogP contribution in [0.4, 0.5) is 34.1 Å². The van der Waals surface area contributed by atoms with Crippen LogP contribution in [0.5, 0.6) is 0 Å². The number of hydrogen-bond acceptors (Lipinski definition) is 4. The maximum absolute atomic E-state index is 2.43. The average Bonchev–Trinajstić information content (AvgIpc) is 4.19. The third kappa shape index (κ3) is 8.66. The molecular formula is C70H48N2S2. The summed E-state index contributed by atoms with van der Waals surface area (Å²) < 4.78 is 0. The Labute approximate surface area is 440 Å². The molecule has 2 heterocycles. The number of nitrogens with zero attached hydrogens (tertiary/aromatic N) is 2. The lowest BCUT2D eigenvalue weighted by atomic mass is 9.84. The number of para-hydroxylation sites is 4. The van der Waals surface area contributed by atoms with E-state index in [1.165, 1.54) is 85.6 Å². The zero-order chi connectivity index (χ0) is 49.2. The Hall–Kier alpha value is -9.06. The molecule has 0 N–H and O–H groups in total. The van der Waals surface area contributed by atoms with Crippen LogP contribution >= 0.6 is 22.7 Å². The van der Waals surface area contributed by atoms with Gasteiger partial charge in [0.15, 0.2) is 0 Å². The number of thiophene rings is 2. The lowest BCUT2D eigenvalue weighted by Gasteiger charge is -2.28. The van der Waals surface area contributed by atoms with Crippen molar-refractivity contribution < 1.29 is 0 Å². The van der Waals surface area contributed by atoms with Crippen LogP contribution in [0.3, 0.4) is 0 Å². The van der Waals surface area contributed by atoms with Crippen molar-refractivity contribution in [2.45, 2.75) is 0 Å². The van der Waals surface area contributed by atoms with Gasteiger partial charge in [0.05, 0.1) is 0 Å². The van der Waals surface area contributed by atoms with Gasteiger partial charge in [-0.2, -0.15) is 0 Å². The summed E-state index contributed by atoms with van der Waals surface area (Å²) in [6.07, 6.45) is 0. The predicted molar refractivity (Wildman–Crippen MR) is 319 cm³/mol. The van der Waals surface area contributed by atoms with Crippen molar-refractivity contribution in [3.63, 3.8) is 0 Å². The fourth-order valence-corrected chi connectivity index (χ4v) is 12.5. The number of hydrogen-bond donors (Lipinski definition) is 0. The van der Waals surface area contributed by atoms with E-state index < -0.39 is 0 Å². The molecule has 0 spiro atoms. The van der Waals surface area contributed by atoms with Crippen molar-refractivity contribution in [1.82, 2.24) is 0 Å². The van der Waals surface area contributed by atoms with Crippen molar-refractivity contribution in [3.8, 4) is 64.0 Å². The highest BCUT2D eigenvalue weighted by Gasteiger charge is 2.23. The fourth-order valence-electron chi connectivity index (χ4n) is 10.5. The van der Waals surface area contributed by atoms with Crippen molar-refractivity contribution in [3.05, 3.63) is 291 Å². The van der Waals surface area contributed by atoms with Gasteiger partial charge in [0.1, 0.15) is 0 Å². The highest BCUT2D eigenvalue weighted by Crippen LogP contribution is 2.50. The van der Waals surface area contributed by atoms with Crippen molar-refractivity contribution in [2.24, 2.45) is 0 Å². The second-order valence-electron chi connectivity index (χ2n) is 18.4. The van der Waals surface area contributed by atoms with E-state index in [0.29, 0.717) is 0 Å². The zero-order valence-corrected chi connectivity index (χ0v) is 42.1.